The molecule has 0 saturated heterocycles. The third-order valence-electron chi connectivity index (χ3n) is 2.86. The maximum atomic E-state index is 12.5. The molecule has 0 spiro atoms. The van der Waals surface area contributed by atoms with Gasteiger partial charge in [-0.1, -0.05) is 18.7 Å². The highest BCUT2D eigenvalue weighted by Gasteiger charge is 2.16. The Kier molecular flexibility index (Phi) is 4.93. The Morgan fingerprint density at radius 3 is 2.36 bits per heavy atom. The van der Waals surface area contributed by atoms with Crippen LogP contribution >= 0.6 is 0 Å². The molecule has 0 aliphatic rings. The van der Waals surface area contributed by atoms with Crippen molar-refractivity contribution < 1.29 is 24.1 Å². The van der Waals surface area contributed by atoms with E-state index in [1.54, 1.807) is 49.6 Å². The van der Waals surface area contributed by atoms with Crippen LogP contribution < -0.4 is 9.62 Å². The lowest BCUT2D eigenvalue weighted by atomic mass is 10.0. The van der Waals surface area contributed by atoms with Gasteiger partial charge in [-0.05, 0) is 36.4 Å². The van der Waals surface area contributed by atoms with Crippen LogP contribution in [0.2, 0.25) is 0 Å². The van der Waals surface area contributed by atoms with Crippen LogP contribution in [0.3, 0.4) is 0 Å². The Labute approximate surface area is 127 Å². The summed E-state index contributed by atoms with van der Waals surface area (Å²) in [5.41, 5.74) is 0.747. The third-order valence-corrected chi connectivity index (χ3v) is 2.86. The molecule has 5 heteroatoms. The van der Waals surface area contributed by atoms with Gasteiger partial charge in [0, 0.05) is 11.6 Å². The number of hydrogen-bond donors (Lipinski definition) is 0. The first-order valence-corrected chi connectivity index (χ1v) is 6.44. The molecule has 112 valence electrons. The van der Waals surface area contributed by atoms with Crippen molar-refractivity contribution in [3.63, 3.8) is 0 Å². The molecule has 0 aliphatic carbocycles. The summed E-state index contributed by atoms with van der Waals surface area (Å²) in [4.78, 5) is 33.0. The second kappa shape index (κ2) is 7.08. The van der Waals surface area contributed by atoms with Gasteiger partial charge in [0.2, 0.25) is 0 Å². The minimum atomic E-state index is -0.744. The van der Waals surface area contributed by atoms with Crippen molar-refractivity contribution in [2.75, 3.05) is 7.11 Å². The molecule has 0 aliphatic heterocycles. The smallest absolute Gasteiger partial charge is 0.378 e. The van der Waals surface area contributed by atoms with Gasteiger partial charge in [0.15, 0.2) is 11.5 Å². The highest BCUT2D eigenvalue weighted by molar-refractivity contribution is 6.10. The van der Waals surface area contributed by atoms with Gasteiger partial charge < -0.3 is 4.74 Å². The standard InChI is InChI=1S/C17H14O5/c1-3-16(18)22-21-15-7-5-4-6-14(15)17(19)12-8-10-13(20-2)11-9-12/h3-11H,1H2,2H3. The maximum absolute atomic E-state index is 12.5. The Balaban J connectivity index is 2.24. The van der Waals surface area contributed by atoms with E-state index in [1.807, 2.05) is 0 Å². The van der Waals surface area contributed by atoms with E-state index >= 15 is 0 Å². The van der Waals surface area contributed by atoms with Gasteiger partial charge in [0.05, 0.1) is 12.7 Å². The molecule has 0 amide bonds. The Morgan fingerprint density at radius 1 is 1.05 bits per heavy atom. The number of methoxy groups -OCH3 is 1. The summed E-state index contributed by atoms with van der Waals surface area (Å²) in [7, 11) is 1.55. The van der Waals surface area contributed by atoms with Gasteiger partial charge in [0.1, 0.15) is 5.75 Å². The molecular formula is C17H14O5. The number of carbonyl (C=O) groups is 2. The van der Waals surface area contributed by atoms with E-state index in [4.69, 9.17) is 9.62 Å². The Morgan fingerprint density at radius 2 is 1.73 bits per heavy atom. The number of para-hydroxylation sites is 1. The SMILES string of the molecule is C=CC(=O)OOc1ccccc1C(=O)c1ccc(OC)cc1. The van der Waals surface area contributed by atoms with Gasteiger partial charge in [-0.15, -0.1) is 0 Å². The second-order valence-electron chi connectivity index (χ2n) is 4.24. The maximum Gasteiger partial charge on any atom is 0.378 e. The van der Waals surface area contributed by atoms with Crippen LogP contribution in [0.4, 0.5) is 0 Å². The van der Waals surface area contributed by atoms with Gasteiger partial charge >= 0.3 is 5.97 Å². The van der Waals surface area contributed by atoms with Crippen molar-refractivity contribution in [3.8, 4) is 11.5 Å². The van der Waals surface area contributed by atoms with Crippen LogP contribution in [-0.2, 0) is 9.68 Å². The second-order valence-corrected chi connectivity index (χ2v) is 4.24. The van der Waals surface area contributed by atoms with Gasteiger partial charge in [-0.3, -0.25) is 9.68 Å². The zero-order valence-electron chi connectivity index (χ0n) is 11.9. The van der Waals surface area contributed by atoms with Crippen molar-refractivity contribution in [1.82, 2.24) is 0 Å². The summed E-state index contributed by atoms with van der Waals surface area (Å²) < 4.78 is 5.05. The molecule has 22 heavy (non-hydrogen) atoms. The zero-order valence-corrected chi connectivity index (χ0v) is 11.9. The molecule has 5 nitrogen and oxygen atoms in total. The summed E-state index contributed by atoms with van der Waals surface area (Å²) >= 11 is 0. The van der Waals surface area contributed by atoms with E-state index < -0.39 is 5.97 Å². The predicted octanol–water partition coefficient (Wildman–Crippen LogP) is 2.95. The number of hydrogen-bond acceptors (Lipinski definition) is 5. The summed E-state index contributed by atoms with van der Waals surface area (Å²) in [6, 6.07) is 13.2. The van der Waals surface area contributed by atoms with Crippen LogP contribution in [0.1, 0.15) is 15.9 Å². The molecule has 0 heterocycles. The number of ether oxygens (including phenoxy) is 1. The number of benzene rings is 2. The Bertz CT molecular complexity index is 688. The average Bonchev–Trinajstić information content (AvgIpc) is 2.59. The molecule has 0 atom stereocenters. The van der Waals surface area contributed by atoms with Crippen LogP contribution in [0.25, 0.3) is 0 Å². The zero-order chi connectivity index (χ0) is 15.9. The van der Waals surface area contributed by atoms with Gasteiger partial charge in [-0.2, -0.15) is 0 Å². The summed E-state index contributed by atoms with van der Waals surface area (Å²) in [5, 5.41) is 0. The van der Waals surface area contributed by atoms with E-state index in [0.29, 0.717) is 11.3 Å². The highest BCUT2D eigenvalue weighted by atomic mass is 17.2. The molecule has 0 unspecified atom stereocenters. The molecule has 2 aromatic carbocycles. The lowest BCUT2D eigenvalue weighted by Crippen LogP contribution is -2.09. The van der Waals surface area contributed by atoms with Crippen LogP contribution in [0, 0.1) is 0 Å². The molecule has 2 rings (SSSR count). The fourth-order valence-electron chi connectivity index (χ4n) is 1.74. The van der Waals surface area contributed by atoms with Gasteiger partial charge in [-0.25, -0.2) is 9.68 Å². The van der Waals surface area contributed by atoms with E-state index in [0.717, 1.165) is 6.08 Å². The van der Waals surface area contributed by atoms with E-state index in [1.165, 1.54) is 6.07 Å². The largest absolute Gasteiger partial charge is 0.497 e. The molecule has 0 fully saturated rings. The van der Waals surface area contributed by atoms with Crippen LogP contribution in [0.15, 0.2) is 61.2 Å². The fourth-order valence-corrected chi connectivity index (χ4v) is 1.74. The topological polar surface area (TPSA) is 61.8 Å². The number of carbonyl (C=O) groups excluding carboxylic acids is 2. The van der Waals surface area contributed by atoms with E-state index in [9.17, 15) is 9.59 Å². The fraction of sp³-hybridized carbons (Fsp3) is 0.0588. The summed E-state index contributed by atoms with van der Waals surface area (Å²) in [6.07, 6.45) is 0.966. The lowest BCUT2D eigenvalue weighted by molar-refractivity contribution is -0.207. The first-order chi connectivity index (χ1) is 10.7. The number of rotatable bonds is 6. The monoisotopic (exact) mass is 298 g/mol. The van der Waals surface area contributed by atoms with Crippen molar-refractivity contribution in [1.29, 1.82) is 0 Å². The molecule has 0 saturated carbocycles. The number of ketones is 1. The molecular weight excluding hydrogens is 284 g/mol. The van der Waals surface area contributed by atoms with Crippen molar-refractivity contribution >= 4 is 11.8 Å². The van der Waals surface area contributed by atoms with Crippen molar-refractivity contribution in [3.05, 3.63) is 72.3 Å². The highest BCUT2D eigenvalue weighted by Crippen LogP contribution is 2.23. The minimum Gasteiger partial charge on any atom is -0.497 e. The van der Waals surface area contributed by atoms with Crippen molar-refractivity contribution in [2.24, 2.45) is 0 Å². The molecule has 0 aromatic heterocycles. The molecule has 0 bridgehead atoms. The van der Waals surface area contributed by atoms with Gasteiger partial charge in [0.25, 0.3) is 0 Å². The molecule has 2 aromatic rings. The van der Waals surface area contributed by atoms with E-state index in [2.05, 4.69) is 11.5 Å². The van der Waals surface area contributed by atoms with Crippen LogP contribution in [0.5, 0.6) is 11.5 Å². The quantitative estimate of drug-likeness (QED) is 0.355. The normalized spacial score (nSPS) is 9.68. The molecule has 0 radical (unpaired) electrons. The first kappa shape index (κ1) is 15.3. The third kappa shape index (κ3) is 3.52. The summed E-state index contributed by atoms with van der Waals surface area (Å²) in [5.74, 6) is -0.195. The summed E-state index contributed by atoms with van der Waals surface area (Å²) in [6.45, 7) is 3.26. The minimum absolute atomic E-state index is 0.151. The van der Waals surface area contributed by atoms with Crippen molar-refractivity contribution in [2.45, 2.75) is 0 Å². The van der Waals surface area contributed by atoms with E-state index in [-0.39, 0.29) is 17.1 Å². The molecule has 0 N–H and O–H groups in total. The Hall–Kier alpha value is -3.08. The van der Waals surface area contributed by atoms with Crippen LogP contribution in [-0.4, -0.2) is 18.9 Å². The lowest BCUT2D eigenvalue weighted by Gasteiger charge is -2.08. The first-order valence-electron chi connectivity index (χ1n) is 6.44. The average molecular weight is 298 g/mol. The predicted molar refractivity (Wildman–Crippen MR) is 79.8 cm³/mol.